The average Bonchev–Trinajstić information content (AvgIpc) is 2.27. The quantitative estimate of drug-likeness (QED) is 0.625. The number of hydrogen-bond donors (Lipinski definition) is 0. The number of halogens is 2. The van der Waals surface area contributed by atoms with Gasteiger partial charge in [-0.3, -0.25) is 0 Å². The molecule has 0 atom stereocenters. The molecule has 0 unspecified atom stereocenters. The molecule has 1 aromatic rings. The Morgan fingerprint density at radius 2 is 2.33 bits per heavy atom. The van der Waals surface area contributed by atoms with Crippen LogP contribution in [0.25, 0.3) is 6.08 Å². The molecule has 15 heavy (non-hydrogen) atoms. The van der Waals surface area contributed by atoms with E-state index in [1.54, 1.807) is 12.2 Å². The van der Waals surface area contributed by atoms with Crippen molar-refractivity contribution >= 4 is 28.0 Å². The van der Waals surface area contributed by atoms with E-state index >= 15 is 0 Å². The van der Waals surface area contributed by atoms with Gasteiger partial charge in [0.1, 0.15) is 5.82 Å². The van der Waals surface area contributed by atoms with Crippen molar-refractivity contribution in [2.24, 2.45) is 0 Å². The van der Waals surface area contributed by atoms with Crippen LogP contribution < -0.4 is 0 Å². The van der Waals surface area contributed by atoms with Crippen LogP contribution in [-0.2, 0) is 4.74 Å². The molecule has 2 nitrogen and oxygen atoms in total. The Hall–Kier alpha value is -1.16. The Kier molecular flexibility index (Phi) is 4.49. The fourth-order valence-electron chi connectivity index (χ4n) is 1.09. The molecule has 0 aromatic heterocycles. The molecule has 4 heteroatoms. The second-order valence-corrected chi connectivity index (χ2v) is 3.43. The van der Waals surface area contributed by atoms with Gasteiger partial charge in [0, 0.05) is 10.9 Å². The average molecular weight is 273 g/mol. The van der Waals surface area contributed by atoms with Crippen molar-refractivity contribution in [2.45, 2.75) is 0 Å². The lowest BCUT2D eigenvalue weighted by Crippen LogP contribution is -2.01. The molecule has 1 aromatic carbocycles. The van der Waals surface area contributed by atoms with E-state index in [-0.39, 0.29) is 5.82 Å². The summed E-state index contributed by atoms with van der Waals surface area (Å²) in [6.45, 7) is 0. The van der Waals surface area contributed by atoms with Gasteiger partial charge in [0.15, 0.2) is 0 Å². The molecule has 0 saturated carbocycles. The molecule has 0 N–H and O–H groups in total. The van der Waals surface area contributed by atoms with E-state index in [9.17, 15) is 9.18 Å². The second kappa shape index (κ2) is 5.66. The molecular formula is C11H10BrFO2. The number of carbonyl (C=O) groups excluding carboxylic acids is 1. The van der Waals surface area contributed by atoms with E-state index in [2.05, 4.69) is 20.7 Å². The van der Waals surface area contributed by atoms with Gasteiger partial charge in [-0.15, -0.1) is 0 Å². The Morgan fingerprint density at radius 1 is 1.60 bits per heavy atom. The number of benzene rings is 1. The van der Waals surface area contributed by atoms with Crippen LogP contribution in [0.5, 0.6) is 0 Å². The lowest BCUT2D eigenvalue weighted by atomic mass is 10.1. The number of hydrogen-bond acceptors (Lipinski definition) is 2. The lowest BCUT2D eigenvalue weighted by Gasteiger charge is -2.01. The van der Waals surface area contributed by atoms with Crippen LogP contribution in [0.3, 0.4) is 0 Å². The summed E-state index contributed by atoms with van der Waals surface area (Å²) in [5, 5.41) is 0.634. The summed E-state index contributed by atoms with van der Waals surface area (Å²) in [5.41, 5.74) is 0.713. The Bertz CT molecular complexity index is 388. The van der Waals surface area contributed by atoms with Gasteiger partial charge < -0.3 is 4.74 Å². The molecule has 0 aliphatic heterocycles. The van der Waals surface area contributed by atoms with Gasteiger partial charge in [-0.05, 0) is 18.2 Å². The molecule has 0 aliphatic carbocycles. The summed E-state index contributed by atoms with van der Waals surface area (Å²) >= 11 is 3.19. The molecule has 0 fully saturated rings. The number of allylic oxidation sites excluding steroid dienone is 1. The van der Waals surface area contributed by atoms with E-state index < -0.39 is 5.97 Å². The van der Waals surface area contributed by atoms with Crippen LogP contribution in [-0.4, -0.2) is 18.4 Å². The number of alkyl halides is 1. The minimum absolute atomic E-state index is 0.341. The first-order chi connectivity index (χ1) is 7.19. The Morgan fingerprint density at radius 3 is 2.93 bits per heavy atom. The Balaban J connectivity index is 3.05. The number of rotatable bonds is 3. The molecule has 0 saturated heterocycles. The monoisotopic (exact) mass is 272 g/mol. The van der Waals surface area contributed by atoms with Gasteiger partial charge in [0.25, 0.3) is 0 Å². The van der Waals surface area contributed by atoms with Crippen LogP contribution in [0.4, 0.5) is 4.39 Å². The van der Waals surface area contributed by atoms with Crippen molar-refractivity contribution in [3.63, 3.8) is 0 Å². The fraction of sp³-hybridized carbons (Fsp3) is 0.182. The fourth-order valence-corrected chi connectivity index (χ4v) is 1.27. The zero-order valence-corrected chi connectivity index (χ0v) is 9.75. The largest absolute Gasteiger partial charge is 0.465 e. The number of carbonyl (C=O) groups is 1. The van der Waals surface area contributed by atoms with Crippen molar-refractivity contribution in [2.75, 3.05) is 12.4 Å². The van der Waals surface area contributed by atoms with Gasteiger partial charge in [-0.25, -0.2) is 9.18 Å². The molecule has 0 bridgehead atoms. The van der Waals surface area contributed by atoms with E-state index in [1.807, 2.05) is 0 Å². The molecule has 0 aliphatic rings. The third-order valence-corrected chi connectivity index (χ3v) is 2.18. The topological polar surface area (TPSA) is 26.3 Å². The van der Waals surface area contributed by atoms with Gasteiger partial charge in [-0.1, -0.05) is 28.1 Å². The predicted molar refractivity (Wildman–Crippen MR) is 60.6 cm³/mol. The second-order valence-electron chi connectivity index (χ2n) is 2.78. The maximum atomic E-state index is 13.2. The number of methoxy groups -OCH3 is 1. The molecule has 80 valence electrons. The third kappa shape index (κ3) is 3.16. The highest BCUT2D eigenvalue weighted by Gasteiger charge is 2.07. The van der Waals surface area contributed by atoms with Crippen LogP contribution in [0.2, 0.25) is 0 Å². The summed E-state index contributed by atoms with van der Waals surface area (Å²) < 4.78 is 17.8. The van der Waals surface area contributed by atoms with Crippen LogP contribution >= 0.6 is 15.9 Å². The SMILES string of the molecule is COC(=O)c1ccc(F)c(C=CCBr)c1. The number of ether oxygens (including phenoxy) is 1. The van der Waals surface area contributed by atoms with Crippen molar-refractivity contribution in [3.8, 4) is 0 Å². The highest BCUT2D eigenvalue weighted by molar-refractivity contribution is 9.09. The molecule has 0 heterocycles. The zero-order valence-electron chi connectivity index (χ0n) is 8.17. The van der Waals surface area contributed by atoms with Crippen LogP contribution in [0.15, 0.2) is 24.3 Å². The molecule has 0 spiro atoms. The normalized spacial score (nSPS) is 10.6. The first-order valence-corrected chi connectivity index (χ1v) is 5.41. The predicted octanol–water partition coefficient (Wildman–Crippen LogP) is 3.02. The maximum absolute atomic E-state index is 13.2. The van der Waals surface area contributed by atoms with E-state index in [0.29, 0.717) is 16.5 Å². The summed E-state index contributed by atoms with van der Waals surface area (Å²) in [7, 11) is 1.29. The van der Waals surface area contributed by atoms with E-state index in [1.165, 1.54) is 25.3 Å². The Labute approximate surface area is 95.9 Å². The van der Waals surface area contributed by atoms with Gasteiger partial charge in [0.05, 0.1) is 12.7 Å². The van der Waals surface area contributed by atoms with Crippen LogP contribution in [0, 0.1) is 5.82 Å². The van der Waals surface area contributed by atoms with E-state index in [4.69, 9.17) is 0 Å². The molecule has 0 amide bonds. The molecule has 0 radical (unpaired) electrons. The lowest BCUT2D eigenvalue weighted by molar-refractivity contribution is 0.0600. The van der Waals surface area contributed by atoms with Gasteiger partial charge in [0.2, 0.25) is 0 Å². The standard InChI is InChI=1S/C11H10BrFO2/c1-15-11(14)9-4-5-10(13)8(7-9)3-2-6-12/h2-5,7H,6H2,1H3. The first-order valence-electron chi connectivity index (χ1n) is 4.29. The first kappa shape index (κ1) is 11.9. The highest BCUT2D eigenvalue weighted by Crippen LogP contribution is 2.13. The summed E-state index contributed by atoms with van der Waals surface area (Å²) in [4.78, 5) is 11.2. The number of esters is 1. The minimum Gasteiger partial charge on any atom is -0.465 e. The molecular weight excluding hydrogens is 263 g/mol. The minimum atomic E-state index is -0.469. The van der Waals surface area contributed by atoms with Crippen molar-refractivity contribution in [1.29, 1.82) is 0 Å². The third-order valence-electron chi connectivity index (χ3n) is 1.80. The highest BCUT2D eigenvalue weighted by atomic mass is 79.9. The van der Waals surface area contributed by atoms with Gasteiger partial charge >= 0.3 is 5.97 Å². The van der Waals surface area contributed by atoms with Crippen molar-refractivity contribution in [3.05, 3.63) is 41.2 Å². The summed E-state index contributed by atoms with van der Waals surface area (Å²) in [6.07, 6.45) is 3.36. The maximum Gasteiger partial charge on any atom is 0.337 e. The van der Waals surface area contributed by atoms with E-state index in [0.717, 1.165) is 0 Å². The zero-order chi connectivity index (χ0) is 11.3. The summed E-state index contributed by atoms with van der Waals surface area (Å²) in [6, 6.07) is 4.10. The smallest absolute Gasteiger partial charge is 0.337 e. The molecule has 1 rings (SSSR count). The van der Waals surface area contributed by atoms with Gasteiger partial charge in [-0.2, -0.15) is 0 Å². The van der Waals surface area contributed by atoms with Crippen molar-refractivity contribution in [1.82, 2.24) is 0 Å². The van der Waals surface area contributed by atoms with Crippen LogP contribution in [0.1, 0.15) is 15.9 Å². The summed E-state index contributed by atoms with van der Waals surface area (Å²) in [5.74, 6) is -0.830. The van der Waals surface area contributed by atoms with Crippen molar-refractivity contribution < 1.29 is 13.9 Å².